The standard InChI is InChI=1S/C24H32O8/c1-14(2)8-6-9-15(3)10-7-11-24-20(32-24)13-19(30-23(24)27)18-12-21(28-16(4)25)31-22(18)29-17(5)26/h8,10,12,19-22H,6-7,9,11,13H2,1-5H3/b15-10+. The van der Waals surface area contributed by atoms with Crippen LogP contribution in [0.1, 0.15) is 66.7 Å². The Morgan fingerprint density at radius 2 is 1.81 bits per heavy atom. The van der Waals surface area contributed by atoms with Gasteiger partial charge in [-0.05, 0) is 52.5 Å². The van der Waals surface area contributed by atoms with Gasteiger partial charge in [0.05, 0.1) is 0 Å². The van der Waals surface area contributed by atoms with E-state index in [0.717, 1.165) is 19.3 Å². The molecule has 0 saturated carbocycles. The van der Waals surface area contributed by atoms with Crippen molar-refractivity contribution in [2.24, 2.45) is 0 Å². The number of fused-ring (bicyclic) bond motifs is 1. The van der Waals surface area contributed by atoms with Gasteiger partial charge in [-0.2, -0.15) is 0 Å². The molecule has 0 N–H and O–H groups in total. The van der Waals surface area contributed by atoms with Crippen LogP contribution in [0.15, 0.2) is 34.9 Å². The van der Waals surface area contributed by atoms with Crippen molar-refractivity contribution in [3.8, 4) is 0 Å². The zero-order valence-electron chi connectivity index (χ0n) is 19.3. The van der Waals surface area contributed by atoms with E-state index in [1.807, 2.05) is 0 Å². The minimum atomic E-state index is -1.08. The largest absolute Gasteiger partial charge is 0.455 e. The average Bonchev–Trinajstić information content (AvgIpc) is 3.27. The molecule has 0 aromatic rings. The van der Waals surface area contributed by atoms with E-state index in [2.05, 4.69) is 32.9 Å². The third-order valence-corrected chi connectivity index (χ3v) is 5.72. The first-order valence-corrected chi connectivity index (χ1v) is 11.0. The van der Waals surface area contributed by atoms with Crippen LogP contribution in [-0.4, -0.2) is 48.3 Å². The Balaban J connectivity index is 1.58. The monoisotopic (exact) mass is 448 g/mol. The molecule has 8 heteroatoms. The van der Waals surface area contributed by atoms with Gasteiger partial charge in [0.2, 0.25) is 12.6 Å². The summed E-state index contributed by atoms with van der Waals surface area (Å²) in [6.07, 6.45) is 6.58. The van der Waals surface area contributed by atoms with Crippen LogP contribution < -0.4 is 0 Å². The lowest BCUT2D eigenvalue weighted by Gasteiger charge is -2.27. The number of esters is 3. The molecule has 0 aliphatic carbocycles. The Bertz CT molecular complexity index is 850. The topological polar surface area (TPSA) is 101 Å². The minimum absolute atomic E-state index is 0.264. The molecule has 3 aliphatic rings. The fourth-order valence-electron chi connectivity index (χ4n) is 4.07. The third kappa shape index (κ3) is 5.86. The predicted octanol–water partition coefficient (Wildman–Crippen LogP) is 3.65. The molecule has 8 nitrogen and oxygen atoms in total. The number of carbonyl (C=O) groups is 3. The van der Waals surface area contributed by atoms with Gasteiger partial charge in [-0.1, -0.05) is 23.3 Å². The SMILES string of the molecule is CC(=O)OC1C=C(C2CC3OC3(CC/C=C(\C)CCC=C(C)C)C(=O)O2)C(OC(C)=O)O1. The van der Waals surface area contributed by atoms with Gasteiger partial charge in [0, 0.05) is 25.8 Å². The molecule has 2 saturated heterocycles. The molecule has 0 bridgehead atoms. The van der Waals surface area contributed by atoms with E-state index in [0.29, 0.717) is 18.4 Å². The molecule has 176 valence electrons. The van der Waals surface area contributed by atoms with Crippen LogP contribution in [-0.2, 0) is 38.1 Å². The lowest BCUT2D eigenvalue weighted by Crippen LogP contribution is -2.41. The molecular formula is C24H32O8. The summed E-state index contributed by atoms with van der Waals surface area (Å²) >= 11 is 0. The third-order valence-electron chi connectivity index (χ3n) is 5.72. The van der Waals surface area contributed by atoms with Crippen molar-refractivity contribution in [1.29, 1.82) is 0 Å². The van der Waals surface area contributed by atoms with Crippen LogP contribution in [0.5, 0.6) is 0 Å². The fourth-order valence-corrected chi connectivity index (χ4v) is 4.07. The fraction of sp³-hybridized carbons (Fsp3) is 0.625. The maximum atomic E-state index is 12.8. The maximum Gasteiger partial charge on any atom is 0.341 e. The lowest BCUT2D eigenvalue weighted by atomic mass is 9.90. The molecule has 32 heavy (non-hydrogen) atoms. The van der Waals surface area contributed by atoms with Crippen LogP contribution >= 0.6 is 0 Å². The molecule has 5 atom stereocenters. The Morgan fingerprint density at radius 3 is 2.44 bits per heavy atom. The van der Waals surface area contributed by atoms with E-state index < -0.39 is 42.2 Å². The summed E-state index contributed by atoms with van der Waals surface area (Å²) in [7, 11) is 0. The van der Waals surface area contributed by atoms with Gasteiger partial charge in [0.25, 0.3) is 0 Å². The number of rotatable bonds is 9. The van der Waals surface area contributed by atoms with E-state index >= 15 is 0 Å². The maximum absolute atomic E-state index is 12.8. The molecule has 2 fully saturated rings. The Hall–Kier alpha value is -2.45. The van der Waals surface area contributed by atoms with E-state index in [1.54, 1.807) is 0 Å². The molecule has 0 spiro atoms. The Morgan fingerprint density at radius 1 is 1.09 bits per heavy atom. The van der Waals surface area contributed by atoms with Gasteiger partial charge in [-0.25, -0.2) is 4.79 Å². The molecule has 0 amide bonds. The summed E-state index contributed by atoms with van der Waals surface area (Å²) < 4.78 is 27.1. The smallest absolute Gasteiger partial charge is 0.341 e. The Labute approximate surface area is 188 Å². The second-order valence-corrected chi connectivity index (χ2v) is 8.76. The molecule has 0 radical (unpaired) electrons. The predicted molar refractivity (Wildman–Crippen MR) is 114 cm³/mol. The number of epoxide rings is 1. The quantitative estimate of drug-likeness (QED) is 0.228. The molecular weight excluding hydrogens is 416 g/mol. The van der Waals surface area contributed by atoms with Crippen molar-refractivity contribution in [3.63, 3.8) is 0 Å². The first-order valence-electron chi connectivity index (χ1n) is 11.0. The van der Waals surface area contributed by atoms with Gasteiger partial charge in [0.1, 0.15) is 12.2 Å². The van der Waals surface area contributed by atoms with E-state index in [1.165, 1.54) is 31.1 Å². The van der Waals surface area contributed by atoms with E-state index in [9.17, 15) is 14.4 Å². The van der Waals surface area contributed by atoms with Crippen LogP contribution in [0.2, 0.25) is 0 Å². The molecule has 3 aliphatic heterocycles. The highest BCUT2D eigenvalue weighted by Gasteiger charge is 2.67. The van der Waals surface area contributed by atoms with E-state index in [4.69, 9.17) is 23.7 Å². The summed E-state index contributed by atoms with van der Waals surface area (Å²) in [4.78, 5) is 35.5. The highest BCUT2D eigenvalue weighted by molar-refractivity contribution is 5.85. The summed E-state index contributed by atoms with van der Waals surface area (Å²) in [5, 5.41) is 0. The Kier molecular flexibility index (Phi) is 7.56. The lowest BCUT2D eigenvalue weighted by molar-refractivity contribution is -0.204. The number of cyclic esters (lactones) is 1. The first kappa shape index (κ1) is 24.2. The zero-order chi connectivity index (χ0) is 23.5. The zero-order valence-corrected chi connectivity index (χ0v) is 19.3. The molecule has 3 heterocycles. The van der Waals surface area contributed by atoms with Crippen molar-refractivity contribution < 1.29 is 38.1 Å². The van der Waals surface area contributed by atoms with Crippen molar-refractivity contribution in [3.05, 3.63) is 34.9 Å². The molecule has 0 aromatic heterocycles. The second kappa shape index (κ2) is 10.0. The number of ether oxygens (including phenoxy) is 5. The molecule has 0 aromatic carbocycles. The van der Waals surface area contributed by atoms with Crippen molar-refractivity contribution in [2.45, 2.75) is 97.1 Å². The minimum Gasteiger partial charge on any atom is -0.455 e. The normalized spacial score (nSPS) is 31.2. The van der Waals surface area contributed by atoms with Gasteiger partial charge >= 0.3 is 17.9 Å². The second-order valence-electron chi connectivity index (χ2n) is 8.76. The highest BCUT2D eigenvalue weighted by Crippen LogP contribution is 2.50. The van der Waals surface area contributed by atoms with Crippen molar-refractivity contribution in [1.82, 2.24) is 0 Å². The van der Waals surface area contributed by atoms with Crippen LogP contribution in [0.4, 0.5) is 0 Å². The van der Waals surface area contributed by atoms with Crippen molar-refractivity contribution >= 4 is 17.9 Å². The number of hydrogen-bond acceptors (Lipinski definition) is 8. The molecule has 3 rings (SSSR count). The van der Waals surface area contributed by atoms with Crippen LogP contribution in [0, 0.1) is 0 Å². The average molecular weight is 449 g/mol. The molecule has 5 unspecified atom stereocenters. The van der Waals surface area contributed by atoms with Crippen molar-refractivity contribution in [2.75, 3.05) is 0 Å². The highest BCUT2D eigenvalue weighted by atomic mass is 16.8. The summed E-state index contributed by atoms with van der Waals surface area (Å²) in [6, 6.07) is 0. The van der Waals surface area contributed by atoms with E-state index in [-0.39, 0.29) is 6.10 Å². The summed E-state index contributed by atoms with van der Waals surface area (Å²) in [6.45, 7) is 8.77. The number of allylic oxidation sites excluding steroid dienone is 4. The number of carbonyl (C=O) groups excluding carboxylic acids is 3. The summed E-state index contributed by atoms with van der Waals surface area (Å²) in [5.74, 6) is -1.52. The van der Waals surface area contributed by atoms with Crippen LogP contribution in [0.3, 0.4) is 0 Å². The number of hydrogen-bond donors (Lipinski definition) is 0. The first-order chi connectivity index (χ1) is 15.1. The van der Waals surface area contributed by atoms with Gasteiger partial charge in [-0.3, -0.25) is 14.3 Å². The van der Waals surface area contributed by atoms with Gasteiger partial charge in [0.15, 0.2) is 5.60 Å². The van der Waals surface area contributed by atoms with Gasteiger partial charge in [-0.15, -0.1) is 0 Å². The van der Waals surface area contributed by atoms with Crippen LogP contribution in [0.25, 0.3) is 0 Å². The van der Waals surface area contributed by atoms with Gasteiger partial charge < -0.3 is 18.9 Å². The summed E-state index contributed by atoms with van der Waals surface area (Å²) in [5.41, 5.74) is 2.13.